The summed E-state index contributed by atoms with van der Waals surface area (Å²) in [5.74, 6) is -1.84. The van der Waals surface area contributed by atoms with Gasteiger partial charge >= 0.3 is 12.0 Å². The van der Waals surface area contributed by atoms with E-state index in [0.29, 0.717) is 27.2 Å². The Labute approximate surface area is 190 Å². The Morgan fingerprint density at radius 3 is 2.45 bits per heavy atom. The van der Waals surface area contributed by atoms with Crippen LogP contribution in [0.15, 0.2) is 42.0 Å². The number of barbiturate groups is 1. The molecule has 0 atom stereocenters. The van der Waals surface area contributed by atoms with Gasteiger partial charge in [0.25, 0.3) is 11.8 Å². The molecule has 0 saturated carbocycles. The molecule has 4 amide bonds. The maximum Gasteiger partial charge on any atom is 0.335 e. The first-order valence-corrected chi connectivity index (χ1v) is 10.1. The topological polar surface area (TPSA) is 122 Å². The first-order chi connectivity index (χ1) is 14.8. The number of amides is 4. The second-order valence-electron chi connectivity index (χ2n) is 6.28. The number of carbonyl (C=O) groups is 4. The molecule has 1 aliphatic heterocycles. The van der Waals surface area contributed by atoms with Gasteiger partial charge in [0.15, 0.2) is 11.5 Å². The van der Waals surface area contributed by atoms with Crippen molar-refractivity contribution in [2.45, 2.75) is 6.92 Å². The number of rotatable bonds is 6. The van der Waals surface area contributed by atoms with Crippen LogP contribution in [0.4, 0.5) is 10.5 Å². The molecule has 9 nitrogen and oxygen atoms in total. The average Bonchev–Trinajstić information content (AvgIpc) is 2.71. The number of methoxy groups -OCH3 is 1. The van der Waals surface area contributed by atoms with Gasteiger partial charge in [-0.05, 0) is 77.6 Å². The Morgan fingerprint density at radius 1 is 1.19 bits per heavy atom. The monoisotopic (exact) mass is 536 g/mol. The quantitative estimate of drug-likeness (QED) is 0.331. The minimum Gasteiger partial charge on any atom is -0.492 e. The summed E-state index contributed by atoms with van der Waals surface area (Å²) in [5.41, 5.74) is 0.370. The van der Waals surface area contributed by atoms with Crippen molar-refractivity contribution in [3.8, 4) is 11.5 Å². The van der Waals surface area contributed by atoms with E-state index in [4.69, 9.17) is 14.6 Å². The molecule has 10 heteroatoms. The molecule has 2 N–H and O–H groups in total. The number of aromatic carboxylic acids is 1. The Balaban J connectivity index is 2.02. The molecule has 0 aromatic heterocycles. The number of anilines is 1. The summed E-state index contributed by atoms with van der Waals surface area (Å²) in [6.45, 7) is 2.20. The van der Waals surface area contributed by atoms with Crippen LogP contribution >= 0.6 is 22.6 Å². The molecular formula is C21H17IN2O7. The molecule has 2 aromatic carbocycles. The summed E-state index contributed by atoms with van der Waals surface area (Å²) in [7, 11) is 1.51. The first kappa shape index (κ1) is 22.3. The third kappa shape index (κ3) is 4.53. The fraction of sp³-hybridized carbons (Fsp3) is 0.143. The summed E-state index contributed by atoms with van der Waals surface area (Å²) < 4.78 is 11.6. The number of hydrogen-bond acceptors (Lipinski definition) is 6. The number of nitrogens with zero attached hydrogens (tertiary/aromatic N) is 1. The lowest BCUT2D eigenvalue weighted by molar-refractivity contribution is -0.122. The van der Waals surface area contributed by atoms with Crippen molar-refractivity contribution in [2.75, 3.05) is 18.6 Å². The zero-order valence-corrected chi connectivity index (χ0v) is 18.6. The molecule has 1 saturated heterocycles. The zero-order valence-electron chi connectivity index (χ0n) is 16.5. The Kier molecular flexibility index (Phi) is 6.59. The van der Waals surface area contributed by atoms with Gasteiger partial charge in [-0.3, -0.25) is 14.9 Å². The highest BCUT2D eigenvalue weighted by molar-refractivity contribution is 14.1. The lowest BCUT2D eigenvalue weighted by atomic mass is 10.1. The van der Waals surface area contributed by atoms with Crippen molar-refractivity contribution < 1.29 is 33.8 Å². The number of urea groups is 1. The van der Waals surface area contributed by atoms with Crippen LogP contribution in [0.1, 0.15) is 22.8 Å². The van der Waals surface area contributed by atoms with E-state index in [-0.39, 0.29) is 16.8 Å². The van der Waals surface area contributed by atoms with Crippen LogP contribution in [-0.2, 0) is 9.59 Å². The Bertz CT molecular complexity index is 1110. The molecule has 1 fully saturated rings. The third-order valence-electron chi connectivity index (χ3n) is 4.32. The van der Waals surface area contributed by atoms with Crippen LogP contribution in [0.2, 0.25) is 0 Å². The molecule has 0 bridgehead atoms. The number of halogens is 1. The molecule has 31 heavy (non-hydrogen) atoms. The molecule has 0 radical (unpaired) electrons. The lowest BCUT2D eigenvalue weighted by Gasteiger charge is -2.26. The van der Waals surface area contributed by atoms with Gasteiger partial charge < -0.3 is 14.6 Å². The molecule has 1 heterocycles. The maximum atomic E-state index is 13.0. The normalized spacial score (nSPS) is 15.1. The maximum absolute atomic E-state index is 13.0. The van der Waals surface area contributed by atoms with Crippen LogP contribution < -0.4 is 19.7 Å². The number of hydrogen-bond donors (Lipinski definition) is 2. The molecular weight excluding hydrogens is 519 g/mol. The van der Waals surface area contributed by atoms with Crippen LogP contribution in [0, 0.1) is 3.57 Å². The number of nitrogens with one attached hydrogen (secondary N) is 1. The second-order valence-corrected chi connectivity index (χ2v) is 7.44. The van der Waals surface area contributed by atoms with E-state index in [9.17, 15) is 19.2 Å². The average molecular weight is 536 g/mol. The SMILES string of the molecule is CCOc1cc(/C=C2\C(=O)NC(=O)N(c3ccc(C(=O)O)cc3)C2=O)cc(I)c1OC. The third-order valence-corrected chi connectivity index (χ3v) is 5.12. The van der Waals surface area contributed by atoms with Gasteiger partial charge in [0, 0.05) is 0 Å². The Morgan fingerprint density at radius 2 is 1.87 bits per heavy atom. The van der Waals surface area contributed by atoms with Crippen LogP contribution in [0.3, 0.4) is 0 Å². The number of carboxylic acid groups (broad SMARTS) is 1. The van der Waals surface area contributed by atoms with Gasteiger partial charge in [0.2, 0.25) is 0 Å². The minimum atomic E-state index is -1.14. The van der Waals surface area contributed by atoms with Crippen molar-refractivity contribution in [1.82, 2.24) is 5.32 Å². The number of carboxylic acids is 1. The van der Waals surface area contributed by atoms with Crippen molar-refractivity contribution in [3.63, 3.8) is 0 Å². The molecule has 3 rings (SSSR count). The fourth-order valence-electron chi connectivity index (χ4n) is 2.94. The highest BCUT2D eigenvalue weighted by Gasteiger charge is 2.37. The van der Waals surface area contributed by atoms with Crippen molar-refractivity contribution in [2.24, 2.45) is 0 Å². The minimum absolute atomic E-state index is 0.00304. The fourth-order valence-corrected chi connectivity index (χ4v) is 3.79. The molecule has 160 valence electrons. The Hall–Kier alpha value is -3.41. The predicted octanol–water partition coefficient (Wildman–Crippen LogP) is 3.06. The smallest absolute Gasteiger partial charge is 0.335 e. The largest absolute Gasteiger partial charge is 0.492 e. The lowest BCUT2D eigenvalue weighted by Crippen LogP contribution is -2.54. The number of carbonyl (C=O) groups excluding carboxylic acids is 3. The summed E-state index contributed by atoms with van der Waals surface area (Å²) in [6, 6.07) is 7.57. The van der Waals surface area contributed by atoms with Gasteiger partial charge in [0.1, 0.15) is 5.57 Å². The van der Waals surface area contributed by atoms with Crippen LogP contribution in [-0.4, -0.2) is 42.6 Å². The van der Waals surface area contributed by atoms with E-state index in [1.165, 1.54) is 37.5 Å². The van der Waals surface area contributed by atoms with E-state index < -0.39 is 23.8 Å². The van der Waals surface area contributed by atoms with Gasteiger partial charge in [0.05, 0.1) is 28.5 Å². The number of benzene rings is 2. The van der Waals surface area contributed by atoms with Gasteiger partial charge in [-0.25, -0.2) is 14.5 Å². The van der Waals surface area contributed by atoms with E-state index in [0.717, 1.165) is 4.90 Å². The standard InChI is InChI=1S/C21H17IN2O7/c1-3-31-16-10-11(9-15(22)17(16)30-2)8-14-18(25)23-21(29)24(19(14)26)13-6-4-12(5-7-13)20(27)28/h4-10H,3H2,1-2H3,(H,27,28)(H,23,25,29)/b14-8+. The predicted molar refractivity (Wildman–Crippen MR) is 119 cm³/mol. The summed E-state index contributed by atoms with van der Waals surface area (Å²) in [4.78, 5) is 49.5. The van der Waals surface area contributed by atoms with Crippen molar-refractivity contribution in [1.29, 1.82) is 0 Å². The van der Waals surface area contributed by atoms with E-state index in [1.54, 1.807) is 12.1 Å². The van der Waals surface area contributed by atoms with Crippen molar-refractivity contribution in [3.05, 3.63) is 56.7 Å². The van der Waals surface area contributed by atoms with Gasteiger partial charge in [-0.15, -0.1) is 0 Å². The molecule has 2 aromatic rings. The highest BCUT2D eigenvalue weighted by Crippen LogP contribution is 2.35. The number of imide groups is 2. The van der Waals surface area contributed by atoms with Crippen LogP contribution in [0.5, 0.6) is 11.5 Å². The van der Waals surface area contributed by atoms with Gasteiger partial charge in [-0.1, -0.05) is 0 Å². The summed E-state index contributed by atoms with van der Waals surface area (Å²) >= 11 is 2.05. The number of ether oxygens (including phenoxy) is 2. The van der Waals surface area contributed by atoms with Crippen molar-refractivity contribution >= 4 is 58.2 Å². The second kappa shape index (κ2) is 9.16. The molecule has 0 spiro atoms. The van der Waals surface area contributed by atoms with E-state index >= 15 is 0 Å². The van der Waals surface area contributed by atoms with Crippen LogP contribution in [0.25, 0.3) is 6.08 Å². The van der Waals surface area contributed by atoms with Gasteiger partial charge in [-0.2, -0.15) is 0 Å². The highest BCUT2D eigenvalue weighted by atomic mass is 127. The summed E-state index contributed by atoms with van der Waals surface area (Å²) in [6.07, 6.45) is 1.35. The molecule has 1 aliphatic rings. The van der Waals surface area contributed by atoms with E-state index in [2.05, 4.69) is 5.32 Å². The summed E-state index contributed by atoms with van der Waals surface area (Å²) in [5, 5.41) is 11.1. The molecule has 0 aliphatic carbocycles. The van der Waals surface area contributed by atoms with E-state index in [1.807, 2.05) is 29.5 Å². The molecule has 0 unspecified atom stereocenters. The first-order valence-electron chi connectivity index (χ1n) is 9.02. The zero-order chi connectivity index (χ0) is 22.7.